The minimum atomic E-state index is -5.08. The molecule has 3 N–H and O–H groups in total. The summed E-state index contributed by atoms with van der Waals surface area (Å²) in [7, 11) is 0. The van der Waals surface area contributed by atoms with Crippen molar-refractivity contribution >= 4 is 11.9 Å². The van der Waals surface area contributed by atoms with Gasteiger partial charge in [-0.2, -0.15) is 13.2 Å². The fraction of sp³-hybridized carbons (Fsp3) is 0.900. The van der Waals surface area contributed by atoms with Gasteiger partial charge in [-0.3, -0.25) is 4.79 Å². The van der Waals surface area contributed by atoms with Gasteiger partial charge in [0.1, 0.15) is 0 Å². The number of hydrogen-bond acceptors (Lipinski definition) is 4. The molecule has 1 amide bonds. The number of carboxylic acids is 1. The first kappa shape index (κ1) is 27.6. The molecule has 1 rings (SSSR count). The zero-order valence-electron chi connectivity index (χ0n) is 17.7. The van der Waals surface area contributed by atoms with Crippen LogP contribution in [0.3, 0.4) is 0 Å². The molecule has 0 unspecified atom stereocenters. The van der Waals surface area contributed by atoms with Crippen molar-refractivity contribution < 1.29 is 32.6 Å². The van der Waals surface area contributed by atoms with Gasteiger partial charge in [0.2, 0.25) is 5.91 Å². The summed E-state index contributed by atoms with van der Waals surface area (Å²) in [6.07, 6.45) is 5.98. The van der Waals surface area contributed by atoms with E-state index in [4.69, 9.17) is 14.6 Å². The highest BCUT2D eigenvalue weighted by atomic mass is 19.4. The predicted octanol–water partition coefficient (Wildman–Crippen LogP) is 3.89. The number of ether oxygens (including phenoxy) is 1. The molecule has 0 bridgehead atoms. The monoisotopic (exact) mass is 426 g/mol. The molecule has 2 atom stereocenters. The van der Waals surface area contributed by atoms with E-state index in [2.05, 4.69) is 24.5 Å². The fourth-order valence-electron chi connectivity index (χ4n) is 2.93. The number of alkyl halides is 3. The molecule has 0 saturated carbocycles. The molecule has 1 heterocycles. The first-order valence-corrected chi connectivity index (χ1v) is 10.6. The highest BCUT2D eigenvalue weighted by Gasteiger charge is 2.38. The van der Waals surface area contributed by atoms with Crippen LogP contribution >= 0.6 is 0 Å². The van der Waals surface area contributed by atoms with E-state index in [0.717, 1.165) is 39.1 Å². The van der Waals surface area contributed by atoms with E-state index in [-0.39, 0.29) is 17.9 Å². The number of carbonyl (C=O) groups excluding carboxylic acids is 1. The Bertz CT molecular complexity index is 448. The molecule has 0 aromatic rings. The van der Waals surface area contributed by atoms with Gasteiger partial charge in [0.15, 0.2) is 0 Å². The molecule has 0 radical (unpaired) electrons. The summed E-state index contributed by atoms with van der Waals surface area (Å²) in [6.45, 7) is 7.58. The van der Waals surface area contributed by atoms with Gasteiger partial charge in [-0.25, -0.2) is 4.79 Å². The quantitative estimate of drug-likeness (QED) is 0.389. The molecular weight excluding hydrogens is 389 g/mol. The van der Waals surface area contributed by atoms with Crippen molar-refractivity contribution in [2.75, 3.05) is 26.2 Å². The summed E-state index contributed by atoms with van der Waals surface area (Å²) < 4.78 is 37.7. The number of hydrogen-bond donors (Lipinski definition) is 3. The Kier molecular flexibility index (Phi) is 15.7. The first-order valence-electron chi connectivity index (χ1n) is 10.6. The number of unbranched alkanes of at least 4 members (excludes halogenated alkanes) is 7. The molecule has 1 fully saturated rings. The van der Waals surface area contributed by atoms with E-state index in [1.165, 1.54) is 44.9 Å². The molecule has 1 saturated heterocycles. The normalized spacial score (nSPS) is 18.8. The second-order valence-corrected chi connectivity index (χ2v) is 7.24. The van der Waals surface area contributed by atoms with E-state index in [9.17, 15) is 18.0 Å². The SMILES string of the molecule is CCCCCCCO[C@@H]1CNC[C@H]1C(=O)NCCCCCC.O=C(O)C(F)(F)F. The van der Waals surface area contributed by atoms with Crippen LogP contribution in [0, 0.1) is 5.92 Å². The maximum atomic E-state index is 12.2. The van der Waals surface area contributed by atoms with Gasteiger partial charge >= 0.3 is 12.1 Å². The Morgan fingerprint density at radius 1 is 1.00 bits per heavy atom. The van der Waals surface area contributed by atoms with E-state index in [1.54, 1.807) is 0 Å². The van der Waals surface area contributed by atoms with Crippen molar-refractivity contribution in [1.82, 2.24) is 10.6 Å². The Morgan fingerprint density at radius 3 is 2.10 bits per heavy atom. The van der Waals surface area contributed by atoms with Gasteiger partial charge < -0.3 is 20.5 Å². The smallest absolute Gasteiger partial charge is 0.475 e. The number of amides is 1. The van der Waals surface area contributed by atoms with Gasteiger partial charge in [-0.15, -0.1) is 0 Å². The number of carbonyl (C=O) groups is 2. The third-order valence-electron chi connectivity index (χ3n) is 4.65. The average Bonchev–Trinajstić information content (AvgIpc) is 3.12. The lowest BCUT2D eigenvalue weighted by Gasteiger charge is -2.19. The predicted molar refractivity (Wildman–Crippen MR) is 106 cm³/mol. The average molecular weight is 427 g/mol. The maximum absolute atomic E-state index is 12.2. The lowest BCUT2D eigenvalue weighted by Crippen LogP contribution is -2.38. The topological polar surface area (TPSA) is 87.7 Å². The first-order chi connectivity index (χ1) is 13.7. The van der Waals surface area contributed by atoms with E-state index < -0.39 is 12.1 Å². The van der Waals surface area contributed by atoms with Gasteiger partial charge in [0.25, 0.3) is 0 Å². The second-order valence-electron chi connectivity index (χ2n) is 7.24. The number of halogens is 3. The zero-order valence-corrected chi connectivity index (χ0v) is 17.7. The summed E-state index contributed by atoms with van der Waals surface area (Å²) in [4.78, 5) is 21.1. The van der Waals surface area contributed by atoms with Gasteiger partial charge in [0.05, 0.1) is 12.0 Å². The summed E-state index contributed by atoms with van der Waals surface area (Å²) in [6, 6.07) is 0. The summed E-state index contributed by atoms with van der Waals surface area (Å²) >= 11 is 0. The number of aliphatic carboxylic acids is 1. The molecule has 0 aliphatic carbocycles. The highest BCUT2D eigenvalue weighted by molar-refractivity contribution is 5.79. The van der Waals surface area contributed by atoms with Crippen molar-refractivity contribution in [2.24, 2.45) is 5.92 Å². The Morgan fingerprint density at radius 2 is 1.55 bits per heavy atom. The van der Waals surface area contributed by atoms with Gasteiger partial charge in [-0.05, 0) is 12.8 Å². The van der Waals surface area contributed by atoms with Crippen molar-refractivity contribution in [1.29, 1.82) is 0 Å². The van der Waals surface area contributed by atoms with Crippen LogP contribution in [0.2, 0.25) is 0 Å². The van der Waals surface area contributed by atoms with Crippen LogP contribution in [-0.2, 0) is 14.3 Å². The number of rotatable bonds is 13. The van der Waals surface area contributed by atoms with E-state index >= 15 is 0 Å². The van der Waals surface area contributed by atoms with Crippen molar-refractivity contribution in [3.8, 4) is 0 Å². The highest BCUT2D eigenvalue weighted by Crippen LogP contribution is 2.15. The van der Waals surface area contributed by atoms with Crippen molar-refractivity contribution in [3.05, 3.63) is 0 Å². The van der Waals surface area contributed by atoms with Gasteiger partial charge in [0, 0.05) is 26.2 Å². The van der Waals surface area contributed by atoms with Crippen molar-refractivity contribution in [3.63, 3.8) is 0 Å². The maximum Gasteiger partial charge on any atom is 0.490 e. The molecule has 29 heavy (non-hydrogen) atoms. The molecule has 172 valence electrons. The van der Waals surface area contributed by atoms with Crippen LogP contribution in [0.1, 0.15) is 71.6 Å². The van der Waals surface area contributed by atoms with Crippen LogP contribution in [0.15, 0.2) is 0 Å². The molecule has 0 aromatic heterocycles. The largest absolute Gasteiger partial charge is 0.490 e. The second kappa shape index (κ2) is 16.4. The number of nitrogens with one attached hydrogen (secondary N) is 2. The molecular formula is C20H37F3N2O4. The van der Waals surface area contributed by atoms with Crippen LogP contribution in [0.5, 0.6) is 0 Å². The minimum Gasteiger partial charge on any atom is -0.475 e. The van der Waals surface area contributed by atoms with Crippen LogP contribution in [-0.4, -0.2) is 55.5 Å². The Labute approximate surface area is 172 Å². The van der Waals surface area contributed by atoms with Gasteiger partial charge in [-0.1, -0.05) is 58.8 Å². The molecule has 1 aliphatic heterocycles. The van der Waals surface area contributed by atoms with E-state index in [1.807, 2.05) is 0 Å². The third-order valence-corrected chi connectivity index (χ3v) is 4.65. The standard InChI is InChI=1S/C18H36N2O2.C2HF3O2/c1-3-5-7-9-11-13-22-17-15-19-14-16(17)18(21)20-12-10-8-6-4-2;3-2(4,5)1(6)7/h16-17,19H,3-15H2,1-2H3,(H,20,21);(H,6,7)/t16-,17-;/m1./s1. The lowest BCUT2D eigenvalue weighted by atomic mass is 10.1. The van der Waals surface area contributed by atoms with Crippen molar-refractivity contribution in [2.45, 2.75) is 83.9 Å². The Hall–Kier alpha value is -1.35. The number of carboxylic acid groups (broad SMARTS) is 1. The summed E-state index contributed by atoms with van der Waals surface area (Å²) in [5.41, 5.74) is 0. The summed E-state index contributed by atoms with van der Waals surface area (Å²) in [5, 5.41) is 13.5. The van der Waals surface area contributed by atoms with Crippen LogP contribution in [0.25, 0.3) is 0 Å². The fourth-order valence-corrected chi connectivity index (χ4v) is 2.93. The molecule has 6 nitrogen and oxygen atoms in total. The summed E-state index contributed by atoms with van der Waals surface area (Å²) in [5.74, 6) is -2.60. The van der Waals surface area contributed by atoms with E-state index in [0.29, 0.717) is 0 Å². The minimum absolute atomic E-state index is 0.0122. The third kappa shape index (κ3) is 14.3. The molecule has 9 heteroatoms. The van der Waals surface area contributed by atoms with Crippen LogP contribution < -0.4 is 10.6 Å². The molecule has 1 aliphatic rings. The zero-order chi connectivity index (χ0) is 22.1. The molecule has 0 spiro atoms. The Balaban J connectivity index is 0.000000956. The molecule has 0 aromatic carbocycles. The van der Waals surface area contributed by atoms with Crippen LogP contribution in [0.4, 0.5) is 13.2 Å². The lowest BCUT2D eigenvalue weighted by molar-refractivity contribution is -0.192.